The van der Waals surface area contributed by atoms with Crippen molar-refractivity contribution < 1.29 is 12.8 Å². The molecule has 0 N–H and O–H groups in total. The van der Waals surface area contributed by atoms with Crippen LogP contribution >= 0.6 is 0 Å². The quantitative estimate of drug-likeness (QED) is 0.502. The number of benzene rings is 2. The lowest BCUT2D eigenvalue weighted by Gasteiger charge is -2.07. The highest BCUT2D eigenvalue weighted by Gasteiger charge is 2.22. The van der Waals surface area contributed by atoms with Crippen molar-refractivity contribution in [3.8, 4) is 11.3 Å². The molecule has 2 aromatic carbocycles. The smallest absolute Gasteiger partial charge is 0.268 e. The molecule has 6 heteroatoms. The number of oxazole rings is 1. The van der Waals surface area contributed by atoms with E-state index in [0.29, 0.717) is 28.6 Å². The first kappa shape index (κ1) is 17.5. The third-order valence-corrected chi connectivity index (χ3v) is 6.07. The summed E-state index contributed by atoms with van der Waals surface area (Å²) in [5.74, 6) is 1.66. The molecule has 0 unspecified atom stereocenters. The SMILES string of the molecule is CC(C)Cc1ncc(-c2cn(S(=O)(=O)c3ccccc3)c3ccccc23)o1. The van der Waals surface area contributed by atoms with Crippen molar-refractivity contribution in [2.45, 2.75) is 25.2 Å². The number of rotatable bonds is 5. The zero-order chi connectivity index (χ0) is 19.0. The van der Waals surface area contributed by atoms with Crippen LogP contribution in [0.4, 0.5) is 0 Å². The molecule has 27 heavy (non-hydrogen) atoms. The van der Waals surface area contributed by atoms with Gasteiger partial charge in [-0.15, -0.1) is 0 Å². The maximum atomic E-state index is 13.2. The van der Waals surface area contributed by atoms with Gasteiger partial charge in [0.25, 0.3) is 10.0 Å². The Balaban J connectivity index is 1.89. The topological polar surface area (TPSA) is 65.1 Å². The molecular weight excluding hydrogens is 360 g/mol. The molecular formula is C21H20N2O3S. The first-order valence-corrected chi connectivity index (χ1v) is 10.3. The Labute approximate surface area is 158 Å². The average molecular weight is 380 g/mol. The Hall–Kier alpha value is -2.86. The number of nitrogens with zero attached hydrogens (tertiary/aromatic N) is 2. The normalized spacial score (nSPS) is 12.1. The van der Waals surface area contributed by atoms with Crippen LogP contribution in [0.25, 0.3) is 22.2 Å². The van der Waals surface area contributed by atoms with E-state index in [1.54, 1.807) is 48.8 Å². The third kappa shape index (κ3) is 3.17. The van der Waals surface area contributed by atoms with Crippen LogP contribution in [0.5, 0.6) is 0 Å². The largest absolute Gasteiger partial charge is 0.441 e. The lowest BCUT2D eigenvalue weighted by molar-refractivity contribution is 0.466. The van der Waals surface area contributed by atoms with Crippen LogP contribution in [0.1, 0.15) is 19.7 Å². The highest BCUT2D eigenvalue weighted by molar-refractivity contribution is 7.90. The van der Waals surface area contributed by atoms with E-state index in [4.69, 9.17) is 4.42 Å². The fraction of sp³-hybridized carbons (Fsp3) is 0.190. The molecule has 0 fully saturated rings. The minimum Gasteiger partial charge on any atom is -0.441 e. The molecule has 0 saturated carbocycles. The second-order valence-corrected chi connectivity index (χ2v) is 8.70. The van der Waals surface area contributed by atoms with Gasteiger partial charge in [0.1, 0.15) is 0 Å². The van der Waals surface area contributed by atoms with Gasteiger partial charge in [0.15, 0.2) is 11.7 Å². The first-order chi connectivity index (χ1) is 13.0. The molecule has 0 aliphatic carbocycles. The predicted octanol–water partition coefficient (Wildman–Crippen LogP) is 4.73. The molecule has 138 valence electrons. The summed E-state index contributed by atoms with van der Waals surface area (Å²) in [6.45, 7) is 4.20. The van der Waals surface area contributed by atoms with Gasteiger partial charge >= 0.3 is 0 Å². The van der Waals surface area contributed by atoms with Crippen molar-refractivity contribution in [3.05, 3.63) is 72.9 Å². The molecule has 0 amide bonds. The van der Waals surface area contributed by atoms with E-state index >= 15 is 0 Å². The van der Waals surface area contributed by atoms with E-state index in [1.165, 1.54) is 3.97 Å². The molecule has 2 heterocycles. The van der Waals surface area contributed by atoms with Gasteiger partial charge < -0.3 is 4.42 Å². The fourth-order valence-electron chi connectivity index (χ4n) is 3.13. The third-order valence-electron chi connectivity index (χ3n) is 4.38. The molecule has 4 aromatic rings. The van der Waals surface area contributed by atoms with Crippen molar-refractivity contribution >= 4 is 20.9 Å². The summed E-state index contributed by atoms with van der Waals surface area (Å²) >= 11 is 0. The van der Waals surface area contributed by atoms with Gasteiger partial charge in [-0.1, -0.05) is 50.2 Å². The van der Waals surface area contributed by atoms with E-state index in [0.717, 1.165) is 11.8 Å². The van der Waals surface area contributed by atoms with Gasteiger partial charge in [0.2, 0.25) is 0 Å². The van der Waals surface area contributed by atoms with Crippen molar-refractivity contribution in [1.29, 1.82) is 0 Å². The Kier molecular flexibility index (Phi) is 4.36. The van der Waals surface area contributed by atoms with Gasteiger partial charge in [0.05, 0.1) is 16.6 Å². The van der Waals surface area contributed by atoms with Crippen molar-refractivity contribution in [1.82, 2.24) is 8.96 Å². The average Bonchev–Trinajstić information content (AvgIpc) is 3.26. The van der Waals surface area contributed by atoms with E-state index in [1.807, 2.05) is 18.2 Å². The number of para-hydroxylation sites is 1. The number of hydrogen-bond acceptors (Lipinski definition) is 4. The molecule has 0 radical (unpaired) electrons. The first-order valence-electron chi connectivity index (χ1n) is 8.82. The maximum absolute atomic E-state index is 13.2. The predicted molar refractivity (Wildman–Crippen MR) is 105 cm³/mol. The summed E-state index contributed by atoms with van der Waals surface area (Å²) in [4.78, 5) is 4.59. The molecule has 0 spiro atoms. The Morgan fingerprint density at radius 1 is 1.04 bits per heavy atom. The summed E-state index contributed by atoms with van der Waals surface area (Å²) < 4.78 is 33.5. The molecule has 2 aromatic heterocycles. The summed E-state index contributed by atoms with van der Waals surface area (Å²) in [5.41, 5.74) is 1.32. The van der Waals surface area contributed by atoms with E-state index < -0.39 is 10.0 Å². The summed E-state index contributed by atoms with van der Waals surface area (Å²) in [5, 5.41) is 0.809. The van der Waals surface area contributed by atoms with Gasteiger partial charge in [-0.05, 0) is 24.1 Å². The minimum absolute atomic E-state index is 0.246. The van der Waals surface area contributed by atoms with Crippen LogP contribution < -0.4 is 0 Å². The monoisotopic (exact) mass is 380 g/mol. The minimum atomic E-state index is -3.71. The highest BCUT2D eigenvalue weighted by Crippen LogP contribution is 2.33. The zero-order valence-electron chi connectivity index (χ0n) is 15.2. The Morgan fingerprint density at radius 3 is 2.48 bits per heavy atom. The number of fused-ring (bicyclic) bond motifs is 1. The van der Waals surface area contributed by atoms with Crippen molar-refractivity contribution in [2.75, 3.05) is 0 Å². The molecule has 0 bridgehead atoms. The molecule has 0 aliphatic rings. The summed E-state index contributed by atoms with van der Waals surface area (Å²) in [7, 11) is -3.71. The molecule has 4 rings (SSSR count). The van der Waals surface area contributed by atoms with Crippen molar-refractivity contribution in [2.24, 2.45) is 5.92 Å². The zero-order valence-corrected chi connectivity index (χ0v) is 16.0. The standard InChI is InChI=1S/C21H20N2O3S/c1-15(2)12-21-22-13-20(26-21)18-14-23(19-11-7-6-10-17(18)19)27(24,25)16-8-4-3-5-9-16/h3-11,13-15H,12H2,1-2H3. The highest BCUT2D eigenvalue weighted by atomic mass is 32.2. The van der Waals surface area contributed by atoms with Gasteiger partial charge in [-0.25, -0.2) is 17.4 Å². The molecule has 0 aliphatic heterocycles. The fourth-order valence-corrected chi connectivity index (χ4v) is 4.52. The van der Waals surface area contributed by atoms with Crippen LogP contribution in [0.2, 0.25) is 0 Å². The Bertz CT molecular complexity index is 1190. The van der Waals surface area contributed by atoms with Gasteiger partial charge in [-0.2, -0.15) is 0 Å². The van der Waals surface area contributed by atoms with Gasteiger partial charge in [-0.3, -0.25) is 0 Å². The van der Waals surface area contributed by atoms with Crippen LogP contribution in [0.15, 0.2) is 76.3 Å². The summed E-state index contributed by atoms with van der Waals surface area (Å²) in [6.07, 6.45) is 4.02. The second-order valence-electron chi connectivity index (χ2n) is 6.89. The molecule has 5 nitrogen and oxygen atoms in total. The second kappa shape index (κ2) is 6.70. The lowest BCUT2D eigenvalue weighted by Crippen LogP contribution is -2.11. The van der Waals surface area contributed by atoms with E-state index in [2.05, 4.69) is 18.8 Å². The van der Waals surface area contributed by atoms with Crippen LogP contribution in [-0.2, 0) is 16.4 Å². The molecule has 0 saturated heterocycles. The van der Waals surface area contributed by atoms with Gasteiger partial charge in [0, 0.05) is 23.6 Å². The van der Waals surface area contributed by atoms with Crippen LogP contribution in [0, 0.1) is 5.92 Å². The summed E-state index contributed by atoms with van der Waals surface area (Å²) in [6, 6.07) is 15.8. The number of hydrogen-bond donors (Lipinski definition) is 0. The van der Waals surface area contributed by atoms with Crippen LogP contribution in [-0.4, -0.2) is 17.4 Å². The lowest BCUT2D eigenvalue weighted by atomic mass is 10.1. The molecule has 0 atom stereocenters. The Morgan fingerprint density at radius 2 is 1.74 bits per heavy atom. The van der Waals surface area contributed by atoms with Crippen LogP contribution in [0.3, 0.4) is 0 Å². The van der Waals surface area contributed by atoms with E-state index in [-0.39, 0.29) is 4.90 Å². The van der Waals surface area contributed by atoms with Crippen molar-refractivity contribution in [3.63, 3.8) is 0 Å². The van der Waals surface area contributed by atoms with E-state index in [9.17, 15) is 8.42 Å². The number of aromatic nitrogens is 2. The maximum Gasteiger partial charge on any atom is 0.268 e.